The van der Waals surface area contributed by atoms with Gasteiger partial charge in [0, 0.05) is 0 Å². The summed E-state index contributed by atoms with van der Waals surface area (Å²) in [7, 11) is 1.31. The minimum atomic E-state index is -1.18. The molecule has 1 aromatic carbocycles. The molecule has 0 aromatic heterocycles. The molecule has 0 saturated carbocycles. The van der Waals surface area contributed by atoms with Gasteiger partial charge in [0.05, 0.1) is 7.11 Å². The van der Waals surface area contributed by atoms with Crippen LogP contribution in [0.5, 0.6) is 11.5 Å². The fraction of sp³-hybridized carbons (Fsp3) is 0.364. The quantitative estimate of drug-likeness (QED) is 0.749. The summed E-state index contributed by atoms with van der Waals surface area (Å²) < 4.78 is 15.0. The number of nitrogens with two attached hydrogens (primary N) is 1. The number of esters is 1. The first-order valence-electron chi connectivity index (χ1n) is 4.83. The number of ether oxygens (including phenoxy) is 3. The molecule has 16 heavy (non-hydrogen) atoms. The number of carbonyl (C=O) groups is 1. The van der Waals surface area contributed by atoms with Crippen molar-refractivity contribution in [2.45, 2.75) is 12.5 Å². The second-order valence-corrected chi connectivity index (χ2v) is 3.76. The van der Waals surface area contributed by atoms with Gasteiger partial charge in [-0.15, -0.1) is 0 Å². The van der Waals surface area contributed by atoms with E-state index in [0.717, 1.165) is 0 Å². The van der Waals surface area contributed by atoms with Crippen molar-refractivity contribution in [1.82, 2.24) is 0 Å². The summed E-state index contributed by atoms with van der Waals surface area (Å²) >= 11 is 0. The molecule has 1 aliphatic heterocycles. The summed E-state index contributed by atoms with van der Waals surface area (Å²) in [5, 5.41) is 0. The third kappa shape index (κ3) is 1.59. The smallest absolute Gasteiger partial charge is 0.330 e. The lowest BCUT2D eigenvalue weighted by Gasteiger charge is -2.21. The first-order chi connectivity index (χ1) is 7.55. The molecular formula is C11H13NO4. The van der Waals surface area contributed by atoms with E-state index in [0.29, 0.717) is 17.1 Å². The predicted octanol–water partition coefficient (Wildman–Crippen LogP) is 0.762. The zero-order valence-corrected chi connectivity index (χ0v) is 9.15. The van der Waals surface area contributed by atoms with Crippen molar-refractivity contribution >= 4 is 5.97 Å². The van der Waals surface area contributed by atoms with Crippen molar-refractivity contribution in [3.8, 4) is 11.5 Å². The molecule has 0 amide bonds. The Kier molecular flexibility index (Phi) is 2.47. The van der Waals surface area contributed by atoms with Crippen LogP contribution < -0.4 is 15.2 Å². The average molecular weight is 223 g/mol. The molecule has 2 N–H and O–H groups in total. The fourth-order valence-corrected chi connectivity index (χ4v) is 1.55. The molecule has 1 aromatic rings. The van der Waals surface area contributed by atoms with Gasteiger partial charge in [0.1, 0.15) is 5.54 Å². The normalized spacial score (nSPS) is 16.7. The lowest BCUT2D eigenvalue weighted by atomic mass is 9.93. The molecule has 0 aliphatic carbocycles. The van der Waals surface area contributed by atoms with Crippen molar-refractivity contribution in [3.63, 3.8) is 0 Å². The Bertz CT molecular complexity index is 428. The predicted molar refractivity (Wildman–Crippen MR) is 56.1 cm³/mol. The Hall–Kier alpha value is -1.75. The fourth-order valence-electron chi connectivity index (χ4n) is 1.55. The summed E-state index contributed by atoms with van der Waals surface area (Å²) in [5.41, 5.74) is 5.36. The SMILES string of the molecule is COC(=O)C(C)(N)c1ccc2c(c1)OCO2. The van der Waals surface area contributed by atoms with Gasteiger partial charge < -0.3 is 19.9 Å². The largest absolute Gasteiger partial charge is 0.467 e. The van der Waals surface area contributed by atoms with E-state index in [2.05, 4.69) is 4.74 Å². The first-order valence-corrected chi connectivity index (χ1v) is 4.83. The molecule has 1 aliphatic rings. The van der Waals surface area contributed by atoms with Crippen molar-refractivity contribution in [2.24, 2.45) is 5.73 Å². The molecule has 0 bridgehead atoms. The highest BCUT2D eigenvalue weighted by Gasteiger charge is 2.33. The lowest BCUT2D eigenvalue weighted by molar-refractivity contribution is -0.146. The van der Waals surface area contributed by atoms with Gasteiger partial charge in [-0.2, -0.15) is 0 Å². The monoisotopic (exact) mass is 223 g/mol. The van der Waals surface area contributed by atoms with Crippen LogP contribution in [-0.4, -0.2) is 19.9 Å². The molecule has 2 rings (SSSR count). The highest BCUT2D eigenvalue weighted by molar-refractivity contribution is 5.82. The minimum Gasteiger partial charge on any atom is -0.467 e. The van der Waals surface area contributed by atoms with Crippen molar-refractivity contribution in [1.29, 1.82) is 0 Å². The molecule has 1 heterocycles. The summed E-state index contributed by atoms with van der Waals surface area (Å²) in [5.74, 6) is 0.758. The number of rotatable bonds is 2. The van der Waals surface area contributed by atoms with Crippen molar-refractivity contribution in [3.05, 3.63) is 23.8 Å². The Morgan fingerprint density at radius 1 is 1.44 bits per heavy atom. The van der Waals surface area contributed by atoms with Gasteiger partial charge in [0.2, 0.25) is 6.79 Å². The highest BCUT2D eigenvalue weighted by atomic mass is 16.7. The molecule has 0 fully saturated rings. The highest BCUT2D eigenvalue weighted by Crippen LogP contribution is 2.35. The second-order valence-electron chi connectivity index (χ2n) is 3.76. The van der Waals surface area contributed by atoms with Crippen LogP contribution in [-0.2, 0) is 15.1 Å². The van der Waals surface area contributed by atoms with Gasteiger partial charge in [-0.05, 0) is 24.6 Å². The van der Waals surface area contributed by atoms with E-state index in [4.69, 9.17) is 15.2 Å². The van der Waals surface area contributed by atoms with E-state index in [1.165, 1.54) is 7.11 Å². The summed E-state index contributed by atoms with van der Waals surface area (Å²) in [6.45, 7) is 1.79. The molecule has 1 atom stereocenters. The standard InChI is InChI=1S/C11H13NO4/c1-11(12,10(13)14-2)7-3-4-8-9(5-7)16-6-15-8/h3-5H,6,12H2,1-2H3. The molecule has 0 spiro atoms. The third-order valence-electron chi connectivity index (χ3n) is 2.58. The van der Waals surface area contributed by atoms with E-state index < -0.39 is 11.5 Å². The van der Waals surface area contributed by atoms with Gasteiger partial charge in [0.25, 0.3) is 0 Å². The van der Waals surface area contributed by atoms with Crippen LogP contribution in [0.4, 0.5) is 0 Å². The second kappa shape index (κ2) is 3.68. The molecule has 5 nitrogen and oxygen atoms in total. The van der Waals surface area contributed by atoms with Crippen molar-refractivity contribution < 1.29 is 19.0 Å². The van der Waals surface area contributed by atoms with Crippen LogP contribution in [0, 0.1) is 0 Å². The Balaban J connectivity index is 2.37. The van der Waals surface area contributed by atoms with Gasteiger partial charge in [-0.1, -0.05) is 6.07 Å². The summed E-state index contributed by atoms with van der Waals surface area (Å²) in [6, 6.07) is 5.15. The van der Waals surface area contributed by atoms with Crippen LogP contribution >= 0.6 is 0 Å². The maximum atomic E-state index is 11.5. The van der Waals surface area contributed by atoms with E-state index >= 15 is 0 Å². The van der Waals surface area contributed by atoms with E-state index in [-0.39, 0.29) is 6.79 Å². The maximum Gasteiger partial charge on any atom is 0.330 e. The van der Waals surface area contributed by atoms with E-state index in [1.807, 2.05) is 0 Å². The summed E-state index contributed by atoms with van der Waals surface area (Å²) in [6.07, 6.45) is 0. The molecule has 1 unspecified atom stereocenters. The zero-order valence-electron chi connectivity index (χ0n) is 9.15. The van der Waals surface area contributed by atoms with Crippen LogP contribution in [0.15, 0.2) is 18.2 Å². The molecule has 0 radical (unpaired) electrons. The molecule has 0 saturated heterocycles. The number of carbonyl (C=O) groups excluding carboxylic acids is 1. The van der Waals surface area contributed by atoms with Crippen LogP contribution in [0.2, 0.25) is 0 Å². The van der Waals surface area contributed by atoms with Gasteiger partial charge in [-0.25, -0.2) is 4.79 Å². The molecular weight excluding hydrogens is 210 g/mol. The Morgan fingerprint density at radius 3 is 2.81 bits per heavy atom. The van der Waals surface area contributed by atoms with Gasteiger partial charge in [0.15, 0.2) is 11.5 Å². The average Bonchev–Trinajstić information content (AvgIpc) is 2.74. The van der Waals surface area contributed by atoms with Crippen molar-refractivity contribution in [2.75, 3.05) is 13.9 Å². The molecule has 5 heteroatoms. The summed E-state index contributed by atoms with van der Waals surface area (Å²) in [4.78, 5) is 11.5. The van der Waals surface area contributed by atoms with Crippen LogP contribution in [0.1, 0.15) is 12.5 Å². The Labute approximate surface area is 93.1 Å². The number of hydrogen-bond acceptors (Lipinski definition) is 5. The minimum absolute atomic E-state index is 0.193. The van der Waals surface area contributed by atoms with Gasteiger partial charge in [-0.3, -0.25) is 0 Å². The molecule has 86 valence electrons. The number of hydrogen-bond donors (Lipinski definition) is 1. The topological polar surface area (TPSA) is 70.8 Å². The van der Waals surface area contributed by atoms with E-state index in [9.17, 15) is 4.79 Å². The Morgan fingerprint density at radius 2 is 2.12 bits per heavy atom. The number of methoxy groups -OCH3 is 1. The first kappa shape index (κ1) is 10.8. The third-order valence-corrected chi connectivity index (χ3v) is 2.58. The van der Waals surface area contributed by atoms with Gasteiger partial charge >= 0.3 is 5.97 Å². The zero-order chi connectivity index (χ0) is 11.8. The lowest BCUT2D eigenvalue weighted by Crippen LogP contribution is -2.42. The van der Waals surface area contributed by atoms with E-state index in [1.54, 1.807) is 25.1 Å². The number of fused-ring (bicyclic) bond motifs is 1. The van der Waals surface area contributed by atoms with Crippen LogP contribution in [0.25, 0.3) is 0 Å². The van der Waals surface area contributed by atoms with Crippen LogP contribution in [0.3, 0.4) is 0 Å². The number of benzene rings is 1. The maximum absolute atomic E-state index is 11.5.